The van der Waals surface area contributed by atoms with E-state index >= 15 is 0 Å². The van der Waals surface area contributed by atoms with Crippen LogP contribution in [0.3, 0.4) is 0 Å². The summed E-state index contributed by atoms with van der Waals surface area (Å²) in [6, 6.07) is 8.51. The first-order valence-corrected chi connectivity index (χ1v) is 8.10. The lowest BCUT2D eigenvalue weighted by Gasteiger charge is -2.14. The van der Waals surface area contributed by atoms with Crippen LogP contribution < -0.4 is 5.32 Å². The summed E-state index contributed by atoms with van der Waals surface area (Å²) >= 11 is 6.01. The third-order valence-corrected chi connectivity index (χ3v) is 3.81. The average Bonchev–Trinajstić information content (AvgIpc) is 2.41. The van der Waals surface area contributed by atoms with Gasteiger partial charge in [-0.1, -0.05) is 69.2 Å². The van der Waals surface area contributed by atoms with Crippen LogP contribution in [0.1, 0.15) is 70.4 Å². The Bertz CT molecular complexity index is 338. The first kappa shape index (κ1) is 16.5. The lowest BCUT2D eigenvalue weighted by Crippen LogP contribution is -2.19. The molecule has 1 aromatic carbocycles. The molecule has 2 heteroatoms. The fourth-order valence-corrected chi connectivity index (χ4v) is 2.49. The summed E-state index contributed by atoms with van der Waals surface area (Å²) in [6.07, 6.45) is 9.53. The van der Waals surface area contributed by atoms with Gasteiger partial charge in [-0.3, -0.25) is 0 Å². The molecule has 0 radical (unpaired) electrons. The van der Waals surface area contributed by atoms with Crippen molar-refractivity contribution in [3.63, 3.8) is 0 Å². The number of rotatable bonds is 10. The molecule has 0 aliphatic heterocycles. The fraction of sp³-hybridized carbons (Fsp3) is 0.647. The summed E-state index contributed by atoms with van der Waals surface area (Å²) < 4.78 is 0. The number of hydrogen-bond donors (Lipinski definition) is 1. The number of halogens is 1. The highest BCUT2D eigenvalue weighted by molar-refractivity contribution is 6.30. The molecule has 1 N–H and O–H groups in total. The van der Waals surface area contributed by atoms with Crippen molar-refractivity contribution in [3.05, 3.63) is 34.9 Å². The number of nitrogens with one attached hydrogen (secondary N) is 1. The SMILES string of the molecule is CCCCCCCCCNC(C)c1cccc(Cl)c1. The largest absolute Gasteiger partial charge is 0.310 e. The molecular formula is C17H28ClN. The van der Waals surface area contributed by atoms with Gasteiger partial charge in [-0.25, -0.2) is 0 Å². The van der Waals surface area contributed by atoms with E-state index in [0.29, 0.717) is 6.04 Å². The van der Waals surface area contributed by atoms with Crippen molar-refractivity contribution in [1.29, 1.82) is 0 Å². The normalized spacial score (nSPS) is 12.6. The third-order valence-electron chi connectivity index (χ3n) is 3.58. The molecular weight excluding hydrogens is 254 g/mol. The predicted molar refractivity (Wildman–Crippen MR) is 85.9 cm³/mol. The van der Waals surface area contributed by atoms with Crippen LogP contribution in [0.5, 0.6) is 0 Å². The van der Waals surface area contributed by atoms with E-state index < -0.39 is 0 Å². The summed E-state index contributed by atoms with van der Waals surface area (Å²) in [5.41, 5.74) is 1.27. The molecule has 108 valence electrons. The molecule has 19 heavy (non-hydrogen) atoms. The van der Waals surface area contributed by atoms with Crippen LogP contribution >= 0.6 is 11.6 Å². The van der Waals surface area contributed by atoms with Crippen molar-refractivity contribution in [1.82, 2.24) is 5.32 Å². The van der Waals surface area contributed by atoms with E-state index in [1.165, 1.54) is 50.5 Å². The van der Waals surface area contributed by atoms with Crippen LogP contribution in [0.4, 0.5) is 0 Å². The predicted octanol–water partition coefficient (Wildman–Crippen LogP) is 5.74. The maximum Gasteiger partial charge on any atom is 0.0409 e. The molecule has 0 fully saturated rings. The van der Waals surface area contributed by atoms with Gasteiger partial charge in [-0.05, 0) is 37.6 Å². The summed E-state index contributed by atoms with van der Waals surface area (Å²) in [6.45, 7) is 5.56. The Kier molecular flexibility index (Phi) is 8.94. The van der Waals surface area contributed by atoms with E-state index in [4.69, 9.17) is 11.6 Å². The van der Waals surface area contributed by atoms with E-state index in [9.17, 15) is 0 Å². The Balaban J connectivity index is 2.06. The van der Waals surface area contributed by atoms with Gasteiger partial charge >= 0.3 is 0 Å². The summed E-state index contributed by atoms with van der Waals surface area (Å²) in [5, 5.41) is 4.39. The monoisotopic (exact) mass is 281 g/mol. The molecule has 0 heterocycles. The van der Waals surface area contributed by atoms with Gasteiger partial charge in [0.2, 0.25) is 0 Å². The molecule has 0 bridgehead atoms. The van der Waals surface area contributed by atoms with E-state index in [2.05, 4.69) is 25.2 Å². The minimum Gasteiger partial charge on any atom is -0.310 e. The second-order valence-electron chi connectivity index (χ2n) is 5.35. The van der Waals surface area contributed by atoms with Gasteiger partial charge < -0.3 is 5.32 Å². The van der Waals surface area contributed by atoms with Crippen molar-refractivity contribution in [2.45, 2.75) is 64.8 Å². The lowest BCUT2D eigenvalue weighted by molar-refractivity contribution is 0.524. The van der Waals surface area contributed by atoms with Crippen molar-refractivity contribution in [3.8, 4) is 0 Å². The Labute approximate surface area is 123 Å². The maximum absolute atomic E-state index is 6.01. The van der Waals surface area contributed by atoms with Crippen molar-refractivity contribution < 1.29 is 0 Å². The molecule has 1 atom stereocenters. The summed E-state index contributed by atoms with van der Waals surface area (Å²) in [4.78, 5) is 0. The van der Waals surface area contributed by atoms with E-state index in [1.807, 2.05) is 18.2 Å². The fourth-order valence-electron chi connectivity index (χ4n) is 2.29. The van der Waals surface area contributed by atoms with Crippen LogP contribution in [-0.4, -0.2) is 6.54 Å². The van der Waals surface area contributed by atoms with Gasteiger partial charge in [-0.15, -0.1) is 0 Å². The van der Waals surface area contributed by atoms with Crippen LogP contribution in [0.15, 0.2) is 24.3 Å². The van der Waals surface area contributed by atoms with Crippen LogP contribution in [-0.2, 0) is 0 Å². The van der Waals surface area contributed by atoms with Gasteiger partial charge in [0.25, 0.3) is 0 Å². The van der Waals surface area contributed by atoms with Gasteiger partial charge in [0, 0.05) is 11.1 Å². The Hall–Kier alpha value is -0.530. The number of benzene rings is 1. The Morgan fingerprint density at radius 2 is 1.74 bits per heavy atom. The van der Waals surface area contributed by atoms with E-state index in [1.54, 1.807) is 0 Å². The lowest BCUT2D eigenvalue weighted by atomic mass is 10.1. The zero-order chi connectivity index (χ0) is 13.9. The molecule has 0 aromatic heterocycles. The molecule has 0 saturated heterocycles. The van der Waals surface area contributed by atoms with E-state index in [0.717, 1.165) is 11.6 Å². The minimum absolute atomic E-state index is 0.388. The standard InChI is InChI=1S/C17H28ClN/c1-3-4-5-6-7-8-9-13-19-15(2)16-11-10-12-17(18)14-16/h10-12,14-15,19H,3-9,13H2,1-2H3. The highest BCUT2D eigenvalue weighted by atomic mass is 35.5. The van der Waals surface area contributed by atoms with E-state index in [-0.39, 0.29) is 0 Å². The molecule has 1 nitrogen and oxygen atoms in total. The number of unbranched alkanes of at least 4 members (excludes halogenated alkanes) is 6. The Morgan fingerprint density at radius 1 is 1.05 bits per heavy atom. The Morgan fingerprint density at radius 3 is 2.42 bits per heavy atom. The second kappa shape index (κ2) is 10.3. The molecule has 0 saturated carbocycles. The quantitative estimate of drug-likeness (QED) is 0.539. The summed E-state index contributed by atoms with van der Waals surface area (Å²) in [5.74, 6) is 0. The van der Waals surface area contributed by atoms with Gasteiger partial charge in [0.05, 0.1) is 0 Å². The first-order chi connectivity index (χ1) is 9.24. The van der Waals surface area contributed by atoms with Gasteiger partial charge in [0.15, 0.2) is 0 Å². The third kappa shape index (κ3) is 7.59. The van der Waals surface area contributed by atoms with Crippen molar-refractivity contribution in [2.24, 2.45) is 0 Å². The number of hydrogen-bond acceptors (Lipinski definition) is 1. The molecule has 1 unspecified atom stereocenters. The van der Waals surface area contributed by atoms with Gasteiger partial charge in [0.1, 0.15) is 0 Å². The van der Waals surface area contributed by atoms with Crippen molar-refractivity contribution in [2.75, 3.05) is 6.54 Å². The molecule has 0 aliphatic rings. The molecule has 0 aliphatic carbocycles. The zero-order valence-corrected chi connectivity index (χ0v) is 13.2. The maximum atomic E-state index is 6.01. The van der Waals surface area contributed by atoms with Crippen molar-refractivity contribution >= 4 is 11.6 Å². The topological polar surface area (TPSA) is 12.0 Å². The average molecular weight is 282 g/mol. The van der Waals surface area contributed by atoms with Crippen LogP contribution in [0, 0.1) is 0 Å². The van der Waals surface area contributed by atoms with Crippen LogP contribution in [0.2, 0.25) is 5.02 Å². The second-order valence-corrected chi connectivity index (χ2v) is 5.79. The smallest absolute Gasteiger partial charge is 0.0409 e. The highest BCUT2D eigenvalue weighted by Gasteiger charge is 2.04. The minimum atomic E-state index is 0.388. The summed E-state index contributed by atoms with van der Waals surface area (Å²) in [7, 11) is 0. The van der Waals surface area contributed by atoms with Crippen LogP contribution in [0.25, 0.3) is 0 Å². The highest BCUT2D eigenvalue weighted by Crippen LogP contribution is 2.17. The molecule has 1 rings (SSSR count). The first-order valence-electron chi connectivity index (χ1n) is 7.73. The zero-order valence-electron chi connectivity index (χ0n) is 12.4. The molecule has 1 aromatic rings. The van der Waals surface area contributed by atoms with Gasteiger partial charge in [-0.2, -0.15) is 0 Å². The molecule has 0 amide bonds. The molecule has 0 spiro atoms.